The van der Waals surface area contributed by atoms with Crippen LogP contribution in [0, 0.1) is 0 Å². The zero-order valence-electron chi connectivity index (χ0n) is 8.86. The Morgan fingerprint density at radius 1 is 1.23 bits per heavy atom. The lowest BCUT2D eigenvalue weighted by Crippen LogP contribution is -2.33. The van der Waals surface area contributed by atoms with Crippen molar-refractivity contribution < 1.29 is 0 Å². The van der Waals surface area contributed by atoms with Gasteiger partial charge in [-0.1, -0.05) is 0 Å². The van der Waals surface area contributed by atoms with Gasteiger partial charge in [0.15, 0.2) is 0 Å². The highest BCUT2D eigenvalue weighted by Crippen LogP contribution is 2.44. The van der Waals surface area contributed by atoms with E-state index in [4.69, 9.17) is 0 Å². The zero-order valence-corrected chi connectivity index (χ0v) is 10.6. The maximum Gasteiger partial charge on any atom is 0.0380 e. The van der Waals surface area contributed by atoms with Crippen molar-refractivity contribution in [3.05, 3.63) is 0 Å². The Morgan fingerprint density at radius 3 is 2.62 bits per heavy atom. The van der Waals surface area contributed by atoms with Crippen molar-refractivity contribution in [3.8, 4) is 0 Å². The zero-order chi connectivity index (χ0) is 9.42. The van der Waals surface area contributed by atoms with E-state index in [0.29, 0.717) is 0 Å². The number of hydrogen-bond acceptors (Lipinski definition) is 2. The standard InChI is InChI=1S/C10H21NS2/c1-12-9-6-7-11-8(9)4-5-10(11)13(2)3/h8-10,13H,4-7H2,1-3H3. The summed E-state index contributed by atoms with van der Waals surface area (Å²) in [5, 5.41) is 1.90. The molecule has 3 heteroatoms. The van der Waals surface area contributed by atoms with Crippen LogP contribution in [0.1, 0.15) is 19.3 Å². The summed E-state index contributed by atoms with van der Waals surface area (Å²) in [6.45, 7) is 1.38. The van der Waals surface area contributed by atoms with Crippen molar-refractivity contribution in [2.24, 2.45) is 0 Å². The van der Waals surface area contributed by atoms with E-state index in [1.165, 1.54) is 25.8 Å². The van der Waals surface area contributed by atoms with Crippen LogP contribution in [0.15, 0.2) is 0 Å². The minimum atomic E-state index is 0.259. The Labute approximate surface area is 89.0 Å². The Hall–Kier alpha value is 0.660. The van der Waals surface area contributed by atoms with E-state index < -0.39 is 0 Å². The van der Waals surface area contributed by atoms with Gasteiger partial charge >= 0.3 is 0 Å². The molecule has 78 valence electrons. The van der Waals surface area contributed by atoms with Crippen molar-refractivity contribution in [2.75, 3.05) is 25.3 Å². The fourth-order valence-corrected chi connectivity index (χ4v) is 5.38. The number of nitrogens with zero attached hydrogens (tertiary/aromatic N) is 1. The molecule has 0 amide bonds. The molecule has 0 spiro atoms. The van der Waals surface area contributed by atoms with Crippen molar-refractivity contribution in [1.82, 2.24) is 4.90 Å². The van der Waals surface area contributed by atoms with Gasteiger partial charge in [0.25, 0.3) is 0 Å². The molecule has 2 heterocycles. The topological polar surface area (TPSA) is 3.24 Å². The summed E-state index contributed by atoms with van der Waals surface area (Å²) in [7, 11) is 0.259. The first-order valence-electron chi connectivity index (χ1n) is 5.19. The van der Waals surface area contributed by atoms with Crippen molar-refractivity contribution in [2.45, 2.75) is 35.9 Å². The summed E-state index contributed by atoms with van der Waals surface area (Å²) in [5.41, 5.74) is 0. The van der Waals surface area contributed by atoms with E-state index in [-0.39, 0.29) is 10.9 Å². The maximum atomic E-state index is 2.81. The van der Waals surface area contributed by atoms with Gasteiger partial charge in [-0.05, 0) is 38.0 Å². The molecule has 2 rings (SSSR count). The first kappa shape index (κ1) is 10.2. The molecule has 0 aromatic rings. The molecule has 0 saturated carbocycles. The summed E-state index contributed by atoms with van der Waals surface area (Å²) < 4.78 is 0. The highest BCUT2D eigenvalue weighted by Gasteiger charge is 2.42. The fraction of sp³-hybridized carbons (Fsp3) is 1.00. The summed E-state index contributed by atoms with van der Waals surface area (Å²) in [6.07, 6.45) is 11.5. The van der Waals surface area contributed by atoms with Crippen LogP contribution in [-0.2, 0) is 0 Å². The predicted octanol–water partition coefficient (Wildman–Crippen LogP) is 2.17. The van der Waals surface area contributed by atoms with Gasteiger partial charge in [-0.25, -0.2) is 10.9 Å². The lowest BCUT2D eigenvalue weighted by Gasteiger charge is -2.29. The molecule has 2 fully saturated rings. The Balaban J connectivity index is 2.03. The third-order valence-electron chi connectivity index (χ3n) is 3.53. The molecule has 2 aliphatic heterocycles. The molecule has 1 nitrogen and oxygen atoms in total. The van der Waals surface area contributed by atoms with Crippen LogP contribution in [0.2, 0.25) is 0 Å². The van der Waals surface area contributed by atoms with Gasteiger partial charge in [-0.2, -0.15) is 11.8 Å². The summed E-state index contributed by atoms with van der Waals surface area (Å²) in [5.74, 6) is 0. The average molecular weight is 219 g/mol. The van der Waals surface area contributed by atoms with Gasteiger partial charge in [0.1, 0.15) is 0 Å². The third-order valence-corrected chi connectivity index (χ3v) is 6.43. The molecule has 0 aromatic heterocycles. The number of thioether (sulfide) groups is 1. The van der Waals surface area contributed by atoms with Crippen LogP contribution < -0.4 is 0 Å². The van der Waals surface area contributed by atoms with Crippen molar-refractivity contribution in [3.63, 3.8) is 0 Å². The minimum Gasteiger partial charge on any atom is -0.289 e. The van der Waals surface area contributed by atoms with Gasteiger partial charge in [-0.3, -0.25) is 4.90 Å². The molecule has 3 unspecified atom stereocenters. The van der Waals surface area contributed by atoms with E-state index in [1.807, 2.05) is 0 Å². The van der Waals surface area contributed by atoms with E-state index in [0.717, 1.165) is 16.7 Å². The van der Waals surface area contributed by atoms with E-state index in [9.17, 15) is 0 Å². The first-order valence-corrected chi connectivity index (χ1v) is 8.78. The second-order valence-electron chi connectivity index (χ2n) is 4.39. The summed E-state index contributed by atoms with van der Waals surface area (Å²) in [4.78, 5) is 2.81. The molecule has 13 heavy (non-hydrogen) atoms. The summed E-state index contributed by atoms with van der Waals surface area (Å²) in [6, 6.07) is 0.935. The number of fused-ring (bicyclic) bond motifs is 1. The molecular weight excluding hydrogens is 198 g/mol. The maximum absolute atomic E-state index is 2.81. The predicted molar refractivity (Wildman–Crippen MR) is 66.3 cm³/mol. The van der Waals surface area contributed by atoms with Crippen LogP contribution in [-0.4, -0.2) is 46.9 Å². The highest BCUT2D eigenvalue weighted by atomic mass is 32.2. The van der Waals surface area contributed by atoms with Crippen molar-refractivity contribution in [1.29, 1.82) is 0 Å². The molecule has 2 saturated heterocycles. The van der Waals surface area contributed by atoms with E-state index in [2.05, 4.69) is 35.4 Å². The van der Waals surface area contributed by atoms with Gasteiger partial charge < -0.3 is 0 Å². The molecule has 0 aromatic carbocycles. The SMILES string of the molecule is CSC1CCN2C1CCC2[SH](C)C. The Kier molecular flexibility index (Phi) is 3.16. The van der Waals surface area contributed by atoms with Gasteiger partial charge in [0.2, 0.25) is 0 Å². The largest absolute Gasteiger partial charge is 0.289 e. The summed E-state index contributed by atoms with van der Waals surface area (Å²) >= 11 is 2.09. The average Bonchev–Trinajstić information content (AvgIpc) is 2.61. The van der Waals surface area contributed by atoms with Crippen LogP contribution in [0.3, 0.4) is 0 Å². The monoisotopic (exact) mass is 219 g/mol. The van der Waals surface area contributed by atoms with E-state index >= 15 is 0 Å². The smallest absolute Gasteiger partial charge is 0.0380 e. The first-order chi connectivity index (χ1) is 6.24. The molecule has 2 aliphatic rings. The number of hydrogen-bond donors (Lipinski definition) is 1. The molecule has 0 N–H and O–H groups in total. The second-order valence-corrected chi connectivity index (χ2v) is 7.99. The van der Waals surface area contributed by atoms with Crippen molar-refractivity contribution >= 4 is 22.7 Å². The normalized spacial score (nSPS) is 40.8. The van der Waals surface area contributed by atoms with Crippen LogP contribution in [0.25, 0.3) is 0 Å². The number of thiol groups is 1. The van der Waals surface area contributed by atoms with Gasteiger partial charge in [0, 0.05) is 23.2 Å². The lowest BCUT2D eigenvalue weighted by molar-refractivity contribution is 0.306. The molecule has 0 aliphatic carbocycles. The van der Waals surface area contributed by atoms with Gasteiger partial charge in [0.05, 0.1) is 0 Å². The quantitative estimate of drug-likeness (QED) is 0.709. The fourth-order valence-electron chi connectivity index (χ4n) is 2.89. The molecule has 0 radical (unpaired) electrons. The van der Waals surface area contributed by atoms with Gasteiger partial charge in [-0.15, -0.1) is 0 Å². The second kappa shape index (κ2) is 4.03. The Bertz CT molecular complexity index is 184. The number of rotatable bonds is 2. The third kappa shape index (κ3) is 1.75. The van der Waals surface area contributed by atoms with Crippen LogP contribution >= 0.6 is 22.7 Å². The molecule has 0 bridgehead atoms. The molecule has 3 atom stereocenters. The lowest BCUT2D eigenvalue weighted by atomic mass is 10.1. The Morgan fingerprint density at radius 2 is 2.00 bits per heavy atom. The van der Waals surface area contributed by atoms with Crippen LogP contribution in [0.5, 0.6) is 0 Å². The molecular formula is C10H21NS2. The highest BCUT2D eigenvalue weighted by molar-refractivity contribution is 8.16. The van der Waals surface area contributed by atoms with E-state index in [1.54, 1.807) is 0 Å². The van der Waals surface area contributed by atoms with Crippen LogP contribution in [0.4, 0.5) is 0 Å². The minimum absolute atomic E-state index is 0.259.